The summed E-state index contributed by atoms with van der Waals surface area (Å²) in [6, 6.07) is 43.0. The highest BCUT2D eigenvalue weighted by atomic mass is 32.1. The zero-order valence-corrected chi connectivity index (χ0v) is 31.1. The fourth-order valence-electron chi connectivity index (χ4n) is 7.28. The van der Waals surface area contributed by atoms with Crippen LogP contribution in [-0.2, 0) is 0 Å². The Hall–Kier alpha value is -6.70. The van der Waals surface area contributed by atoms with Crippen LogP contribution in [0.5, 0.6) is 0 Å². The van der Waals surface area contributed by atoms with Crippen molar-refractivity contribution in [3.63, 3.8) is 0 Å². The second-order valence-electron chi connectivity index (χ2n) is 13.5. The van der Waals surface area contributed by atoms with Crippen molar-refractivity contribution >= 4 is 45.9 Å². The Morgan fingerprint density at radius 1 is 0.455 bits per heavy atom. The second kappa shape index (κ2) is 15.7. The molecule has 266 valence electrons. The van der Waals surface area contributed by atoms with E-state index in [0.29, 0.717) is 0 Å². The van der Waals surface area contributed by atoms with Crippen molar-refractivity contribution in [2.75, 3.05) is 9.80 Å². The van der Waals surface area contributed by atoms with Gasteiger partial charge >= 0.3 is 0 Å². The third kappa shape index (κ3) is 7.43. The Bertz CT molecular complexity index is 2540. The van der Waals surface area contributed by atoms with Gasteiger partial charge in [-0.25, -0.2) is 0 Å². The van der Waals surface area contributed by atoms with Gasteiger partial charge in [-0.05, 0) is 127 Å². The summed E-state index contributed by atoms with van der Waals surface area (Å²) in [7, 11) is 0. The number of nitrogens with zero attached hydrogens (tertiary/aromatic N) is 6. The first kappa shape index (κ1) is 34.1. The van der Waals surface area contributed by atoms with Gasteiger partial charge in [-0.15, -0.1) is 11.3 Å². The molecule has 0 N–H and O–H groups in total. The number of anilines is 4. The van der Waals surface area contributed by atoms with Gasteiger partial charge in [0, 0.05) is 92.7 Å². The monoisotopic (exact) mass is 730 g/mol. The average Bonchev–Trinajstić information content (AvgIpc) is 3.77. The minimum absolute atomic E-state index is 0.943. The van der Waals surface area contributed by atoms with E-state index in [1.54, 1.807) is 6.20 Å². The fourth-order valence-corrected chi connectivity index (χ4v) is 8.35. The number of aromatic nitrogens is 3. The van der Waals surface area contributed by atoms with Gasteiger partial charge in [0.25, 0.3) is 0 Å². The minimum atomic E-state index is 0.943. The Kier molecular flexibility index (Phi) is 9.75. The van der Waals surface area contributed by atoms with Crippen molar-refractivity contribution < 1.29 is 0 Å². The second-order valence-corrected chi connectivity index (χ2v) is 14.6. The first-order valence-corrected chi connectivity index (χ1v) is 19.4. The van der Waals surface area contributed by atoms with Crippen molar-refractivity contribution in [1.29, 1.82) is 0 Å². The molecule has 55 heavy (non-hydrogen) atoms. The summed E-state index contributed by atoms with van der Waals surface area (Å²) in [4.78, 5) is 24.9. The minimum Gasteiger partial charge on any atom is -0.316 e. The maximum Gasteiger partial charge on any atom is 0.0644 e. The van der Waals surface area contributed by atoms with Crippen LogP contribution in [0.2, 0.25) is 0 Å². The van der Waals surface area contributed by atoms with Crippen LogP contribution in [0.4, 0.5) is 22.7 Å². The molecule has 1 aliphatic heterocycles. The van der Waals surface area contributed by atoms with E-state index in [9.17, 15) is 0 Å². The Balaban J connectivity index is 0.978. The van der Waals surface area contributed by atoms with Crippen LogP contribution in [0.3, 0.4) is 0 Å². The number of hydrogen-bond donors (Lipinski definition) is 0. The molecule has 4 aromatic heterocycles. The number of aliphatic imine (C=N–C) groups is 1. The van der Waals surface area contributed by atoms with Gasteiger partial charge in [0.2, 0.25) is 0 Å². The van der Waals surface area contributed by atoms with E-state index in [1.807, 2.05) is 72.9 Å². The van der Waals surface area contributed by atoms with E-state index in [0.717, 1.165) is 70.7 Å². The SMILES string of the molecule is C1=NC=C(N(C2=CC=C(c3ccc(-c4ccc(N(c5cccnc5)c5cccc(-c6cccnc6)c5)cc4)s3)CC2)c2cccc(-c3cccnc3)c2)CC1. The predicted molar refractivity (Wildman–Crippen MR) is 229 cm³/mol. The summed E-state index contributed by atoms with van der Waals surface area (Å²) in [5.41, 5.74) is 13.8. The van der Waals surface area contributed by atoms with Crippen LogP contribution in [-0.4, -0.2) is 21.2 Å². The van der Waals surface area contributed by atoms with Crippen molar-refractivity contribution in [3.8, 4) is 32.7 Å². The smallest absolute Gasteiger partial charge is 0.0644 e. The van der Waals surface area contributed by atoms with Crippen molar-refractivity contribution in [2.45, 2.75) is 25.7 Å². The molecule has 0 bridgehead atoms. The standard InChI is InChI=1S/C48H38N6S/c1-7-37(39-9-3-25-49-31-39)29-43(11-1)53(45-13-5-27-51-33-45)41-19-15-35(16-20-41)47-23-24-48(55-47)36-17-21-42(22-18-36)54(46-14-6-28-52-34-46)44-12-2-8-38(30-44)40-10-4-26-50-32-40/h1-5,7-13,15-17,19-21,23-34H,6,14,18,22H2. The first-order chi connectivity index (χ1) is 27.3. The molecule has 0 saturated carbocycles. The van der Waals surface area contributed by atoms with Gasteiger partial charge in [-0.2, -0.15) is 0 Å². The van der Waals surface area contributed by atoms with Gasteiger partial charge in [-0.1, -0.05) is 54.6 Å². The maximum absolute atomic E-state index is 4.55. The molecule has 5 heterocycles. The molecule has 0 unspecified atom stereocenters. The molecule has 0 spiro atoms. The van der Waals surface area contributed by atoms with E-state index >= 15 is 0 Å². The Labute approximate surface area is 325 Å². The third-order valence-corrected chi connectivity index (χ3v) is 11.2. The lowest BCUT2D eigenvalue weighted by Crippen LogP contribution is -2.24. The first-order valence-electron chi connectivity index (χ1n) is 18.6. The lowest BCUT2D eigenvalue weighted by atomic mass is 9.98. The molecule has 0 saturated heterocycles. The molecule has 2 aliphatic rings. The summed E-state index contributed by atoms with van der Waals surface area (Å²) in [5.74, 6) is 0. The van der Waals surface area contributed by atoms with Crippen LogP contribution in [0, 0.1) is 0 Å². The molecular formula is C48H38N6S. The van der Waals surface area contributed by atoms with Crippen molar-refractivity contribution in [2.24, 2.45) is 4.99 Å². The quantitative estimate of drug-likeness (QED) is 0.140. The van der Waals surface area contributed by atoms with Crippen LogP contribution in [0.25, 0.3) is 38.3 Å². The molecule has 0 amide bonds. The zero-order chi connectivity index (χ0) is 36.8. The zero-order valence-electron chi connectivity index (χ0n) is 30.2. The number of rotatable bonds is 10. The van der Waals surface area contributed by atoms with E-state index < -0.39 is 0 Å². The summed E-state index contributed by atoms with van der Waals surface area (Å²) in [6.45, 7) is 0. The predicted octanol–water partition coefficient (Wildman–Crippen LogP) is 12.7. The Morgan fingerprint density at radius 2 is 1.09 bits per heavy atom. The van der Waals surface area contributed by atoms with Gasteiger partial charge in [0.1, 0.15) is 0 Å². The van der Waals surface area contributed by atoms with Crippen LogP contribution in [0.1, 0.15) is 30.6 Å². The molecule has 3 aromatic carbocycles. The maximum atomic E-state index is 4.55. The van der Waals surface area contributed by atoms with Gasteiger partial charge in [0.15, 0.2) is 0 Å². The Morgan fingerprint density at radius 3 is 1.69 bits per heavy atom. The summed E-state index contributed by atoms with van der Waals surface area (Å²) < 4.78 is 0. The topological polar surface area (TPSA) is 57.5 Å². The molecule has 0 atom stereocenters. The molecule has 0 radical (unpaired) electrons. The van der Waals surface area contributed by atoms with Gasteiger partial charge in [-0.3, -0.25) is 19.9 Å². The van der Waals surface area contributed by atoms with E-state index in [1.165, 1.54) is 32.3 Å². The lowest BCUT2D eigenvalue weighted by molar-refractivity contribution is 0.851. The molecule has 6 nitrogen and oxygen atoms in total. The largest absolute Gasteiger partial charge is 0.316 e. The highest BCUT2D eigenvalue weighted by molar-refractivity contribution is 7.16. The summed E-state index contributed by atoms with van der Waals surface area (Å²) in [6.07, 6.45) is 23.6. The highest BCUT2D eigenvalue weighted by Crippen LogP contribution is 2.41. The molecule has 7 aromatic rings. The number of pyridine rings is 3. The van der Waals surface area contributed by atoms with Crippen molar-refractivity contribution in [3.05, 3.63) is 193 Å². The number of thiophene rings is 1. The van der Waals surface area contributed by atoms with Crippen LogP contribution in [0.15, 0.2) is 193 Å². The molecule has 1 aliphatic carbocycles. The average molecular weight is 731 g/mol. The summed E-state index contributed by atoms with van der Waals surface area (Å²) in [5, 5.41) is 0. The van der Waals surface area contributed by atoms with E-state index in [2.05, 4.69) is 145 Å². The number of allylic oxidation sites excluding steroid dienone is 5. The van der Waals surface area contributed by atoms with Gasteiger partial charge in [0.05, 0.1) is 11.9 Å². The lowest BCUT2D eigenvalue weighted by Gasteiger charge is -2.32. The van der Waals surface area contributed by atoms with E-state index in [4.69, 9.17) is 0 Å². The van der Waals surface area contributed by atoms with Crippen molar-refractivity contribution in [1.82, 2.24) is 15.0 Å². The number of hydrogen-bond acceptors (Lipinski definition) is 7. The van der Waals surface area contributed by atoms with Crippen LogP contribution < -0.4 is 9.80 Å². The molecule has 9 rings (SSSR count). The number of benzene rings is 3. The fraction of sp³-hybridized carbons (Fsp3) is 0.0833. The highest BCUT2D eigenvalue weighted by Gasteiger charge is 2.22. The molecule has 7 heteroatoms. The molecular weight excluding hydrogens is 693 g/mol. The summed E-state index contributed by atoms with van der Waals surface area (Å²) >= 11 is 1.86. The molecule has 0 fully saturated rings. The van der Waals surface area contributed by atoms with Crippen LogP contribution >= 0.6 is 11.3 Å². The van der Waals surface area contributed by atoms with E-state index in [-0.39, 0.29) is 0 Å². The normalized spacial score (nSPS) is 13.8. The third-order valence-electron chi connectivity index (χ3n) is 10.00. The van der Waals surface area contributed by atoms with Gasteiger partial charge < -0.3 is 9.80 Å².